The van der Waals surface area contributed by atoms with Crippen LogP contribution in [-0.2, 0) is 11.2 Å². The minimum Gasteiger partial charge on any atom is -0.342 e. The zero-order valence-electron chi connectivity index (χ0n) is 14.0. The van der Waals surface area contributed by atoms with Crippen molar-refractivity contribution in [2.24, 2.45) is 5.73 Å². The molecule has 0 saturated carbocycles. The summed E-state index contributed by atoms with van der Waals surface area (Å²) >= 11 is 1.44. The Balaban J connectivity index is 1.74. The fraction of sp³-hybridized carbons (Fsp3) is 0.389. The molecule has 6 nitrogen and oxygen atoms in total. The molecule has 0 radical (unpaired) electrons. The molecule has 132 valence electrons. The Morgan fingerprint density at radius 1 is 1.36 bits per heavy atom. The van der Waals surface area contributed by atoms with Crippen LogP contribution < -0.4 is 11.1 Å². The normalized spacial score (nSPS) is 15.4. The summed E-state index contributed by atoms with van der Waals surface area (Å²) in [5, 5.41) is 5.65. The number of likely N-dealkylation sites (tertiary alicyclic amines) is 1. The lowest BCUT2D eigenvalue weighted by atomic mass is 10.1. The first-order valence-corrected chi connectivity index (χ1v) is 9.33. The van der Waals surface area contributed by atoms with E-state index in [-0.39, 0.29) is 17.9 Å². The standard InChI is InChI=1S/C18H22N4O2S/c19-9-8-16-20-15(12-25-16)18(24)21-14(13-5-2-1-3-6-13)11-22-10-4-7-17(22)23/h1-3,5-6,12,14H,4,7-11,19H2,(H,21,24). The number of amides is 2. The Morgan fingerprint density at radius 3 is 2.84 bits per heavy atom. The van der Waals surface area contributed by atoms with Gasteiger partial charge in [-0.2, -0.15) is 0 Å². The SMILES string of the molecule is NCCc1nc(C(=O)NC(CN2CCCC2=O)c2ccccc2)cs1. The smallest absolute Gasteiger partial charge is 0.271 e. The van der Waals surface area contributed by atoms with E-state index in [4.69, 9.17) is 5.73 Å². The first-order valence-electron chi connectivity index (χ1n) is 8.45. The van der Waals surface area contributed by atoms with Crippen molar-refractivity contribution in [1.29, 1.82) is 0 Å². The summed E-state index contributed by atoms with van der Waals surface area (Å²) in [4.78, 5) is 30.7. The van der Waals surface area contributed by atoms with Gasteiger partial charge in [0.1, 0.15) is 5.69 Å². The summed E-state index contributed by atoms with van der Waals surface area (Å²) in [5.41, 5.74) is 6.92. The molecule has 3 rings (SSSR count). The second-order valence-corrected chi connectivity index (χ2v) is 6.99. The second-order valence-electron chi connectivity index (χ2n) is 6.05. The molecular weight excluding hydrogens is 336 g/mol. The largest absolute Gasteiger partial charge is 0.342 e. The molecule has 2 aromatic rings. The monoisotopic (exact) mass is 358 g/mol. The minimum atomic E-state index is -0.254. The summed E-state index contributed by atoms with van der Waals surface area (Å²) in [5.74, 6) is -0.0749. The molecule has 1 aliphatic heterocycles. The molecule has 1 saturated heterocycles. The van der Waals surface area contributed by atoms with Gasteiger partial charge in [0, 0.05) is 31.3 Å². The van der Waals surface area contributed by atoms with Crippen molar-refractivity contribution in [3.63, 3.8) is 0 Å². The lowest BCUT2D eigenvalue weighted by Gasteiger charge is -2.25. The van der Waals surface area contributed by atoms with Crippen LogP contribution in [-0.4, -0.2) is 41.3 Å². The fourth-order valence-corrected chi connectivity index (χ4v) is 3.72. The van der Waals surface area contributed by atoms with Crippen molar-refractivity contribution in [2.45, 2.75) is 25.3 Å². The molecule has 1 fully saturated rings. The molecule has 2 amide bonds. The van der Waals surface area contributed by atoms with Gasteiger partial charge in [-0.15, -0.1) is 11.3 Å². The van der Waals surface area contributed by atoms with E-state index < -0.39 is 0 Å². The van der Waals surface area contributed by atoms with Gasteiger partial charge in [-0.1, -0.05) is 30.3 Å². The highest BCUT2D eigenvalue weighted by Crippen LogP contribution is 2.19. The van der Waals surface area contributed by atoms with Crippen LogP contribution in [0, 0.1) is 0 Å². The molecule has 0 aliphatic carbocycles. The Labute approximate surface area is 151 Å². The Morgan fingerprint density at radius 2 is 2.16 bits per heavy atom. The van der Waals surface area contributed by atoms with Crippen molar-refractivity contribution < 1.29 is 9.59 Å². The van der Waals surface area contributed by atoms with E-state index in [9.17, 15) is 9.59 Å². The van der Waals surface area contributed by atoms with Crippen molar-refractivity contribution in [1.82, 2.24) is 15.2 Å². The van der Waals surface area contributed by atoms with Gasteiger partial charge < -0.3 is 16.0 Å². The van der Waals surface area contributed by atoms with Crippen molar-refractivity contribution >= 4 is 23.2 Å². The third-order valence-corrected chi connectivity index (χ3v) is 5.13. The van der Waals surface area contributed by atoms with Gasteiger partial charge >= 0.3 is 0 Å². The van der Waals surface area contributed by atoms with E-state index in [2.05, 4.69) is 10.3 Å². The van der Waals surface area contributed by atoms with E-state index in [1.165, 1.54) is 11.3 Å². The van der Waals surface area contributed by atoms with Crippen molar-refractivity contribution in [3.05, 3.63) is 52.0 Å². The summed E-state index contributed by atoms with van der Waals surface area (Å²) in [6, 6.07) is 9.47. The van der Waals surface area contributed by atoms with Gasteiger partial charge in [-0.25, -0.2) is 4.98 Å². The summed E-state index contributed by atoms with van der Waals surface area (Å²) in [7, 11) is 0. The van der Waals surface area contributed by atoms with Crippen LogP contribution in [0.15, 0.2) is 35.7 Å². The Hall–Kier alpha value is -2.25. The molecule has 2 heterocycles. The third kappa shape index (κ3) is 4.43. The second kappa shape index (κ2) is 8.22. The van der Waals surface area contributed by atoms with E-state index in [1.807, 2.05) is 35.2 Å². The van der Waals surface area contributed by atoms with Gasteiger partial charge in [-0.05, 0) is 18.5 Å². The molecule has 1 unspecified atom stereocenters. The number of thiazole rings is 1. The summed E-state index contributed by atoms with van der Waals surface area (Å²) in [6.07, 6.45) is 2.13. The third-order valence-electron chi connectivity index (χ3n) is 4.22. The number of hydrogen-bond acceptors (Lipinski definition) is 5. The molecule has 3 N–H and O–H groups in total. The number of nitrogens with one attached hydrogen (secondary N) is 1. The highest BCUT2D eigenvalue weighted by molar-refractivity contribution is 7.09. The number of benzene rings is 1. The van der Waals surface area contributed by atoms with Gasteiger partial charge in [0.2, 0.25) is 5.91 Å². The van der Waals surface area contributed by atoms with Crippen LogP contribution >= 0.6 is 11.3 Å². The van der Waals surface area contributed by atoms with Crippen molar-refractivity contribution in [2.75, 3.05) is 19.6 Å². The topological polar surface area (TPSA) is 88.3 Å². The number of carbonyl (C=O) groups excluding carboxylic acids is 2. The number of nitrogens with two attached hydrogens (primary N) is 1. The van der Waals surface area contributed by atoms with Crippen LogP contribution in [0.25, 0.3) is 0 Å². The summed E-state index contributed by atoms with van der Waals surface area (Å²) in [6.45, 7) is 1.74. The maximum Gasteiger partial charge on any atom is 0.271 e. The highest BCUT2D eigenvalue weighted by atomic mass is 32.1. The molecule has 1 aromatic carbocycles. The number of aromatic nitrogens is 1. The predicted octanol–water partition coefficient (Wildman–Crippen LogP) is 1.74. The maximum atomic E-state index is 12.6. The van der Waals surface area contributed by atoms with Gasteiger partial charge in [0.15, 0.2) is 0 Å². The fourth-order valence-electron chi connectivity index (χ4n) is 2.92. The Bertz CT molecular complexity index is 732. The molecule has 1 aromatic heterocycles. The molecule has 1 atom stereocenters. The van der Waals surface area contributed by atoms with Crippen LogP contribution in [0.1, 0.15) is 39.9 Å². The van der Waals surface area contributed by atoms with Crippen LogP contribution in [0.2, 0.25) is 0 Å². The lowest BCUT2D eigenvalue weighted by molar-refractivity contribution is -0.128. The molecule has 25 heavy (non-hydrogen) atoms. The minimum absolute atomic E-state index is 0.147. The van der Waals surface area contributed by atoms with Crippen molar-refractivity contribution in [3.8, 4) is 0 Å². The highest BCUT2D eigenvalue weighted by Gasteiger charge is 2.26. The molecule has 0 bridgehead atoms. The first kappa shape index (κ1) is 17.6. The average Bonchev–Trinajstić information content (AvgIpc) is 3.25. The number of rotatable bonds is 7. The van der Waals surface area contributed by atoms with Crippen LogP contribution in [0.4, 0.5) is 0 Å². The first-order chi connectivity index (χ1) is 12.2. The zero-order chi connectivity index (χ0) is 17.6. The van der Waals surface area contributed by atoms with Gasteiger partial charge in [0.05, 0.1) is 11.0 Å². The summed E-state index contributed by atoms with van der Waals surface area (Å²) < 4.78 is 0. The zero-order valence-corrected chi connectivity index (χ0v) is 14.8. The number of carbonyl (C=O) groups is 2. The Kier molecular flexibility index (Phi) is 5.78. The molecule has 1 aliphatic rings. The number of hydrogen-bond donors (Lipinski definition) is 2. The van der Waals surface area contributed by atoms with E-state index in [0.29, 0.717) is 31.6 Å². The predicted molar refractivity (Wildman–Crippen MR) is 97.3 cm³/mol. The lowest BCUT2D eigenvalue weighted by Crippen LogP contribution is -2.38. The average molecular weight is 358 g/mol. The van der Waals surface area contributed by atoms with E-state index in [1.54, 1.807) is 5.38 Å². The van der Waals surface area contributed by atoms with E-state index >= 15 is 0 Å². The van der Waals surface area contributed by atoms with Gasteiger partial charge in [-0.3, -0.25) is 9.59 Å². The van der Waals surface area contributed by atoms with Crippen LogP contribution in [0.3, 0.4) is 0 Å². The quantitative estimate of drug-likeness (QED) is 0.789. The number of nitrogens with zero attached hydrogens (tertiary/aromatic N) is 2. The van der Waals surface area contributed by atoms with Gasteiger partial charge in [0.25, 0.3) is 5.91 Å². The van der Waals surface area contributed by atoms with E-state index in [0.717, 1.165) is 23.5 Å². The maximum absolute atomic E-state index is 12.6. The van der Waals surface area contributed by atoms with Crippen LogP contribution in [0.5, 0.6) is 0 Å². The molecule has 0 spiro atoms. The molecular formula is C18H22N4O2S. The molecule has 7 heteroatoms.